The molecule has 0 saturated carbocycles. The van der Waals surface area contributed by atoms with E-state index in [-0.39, 0.29) is 11.7 Å². The molecule has 0 spiro atoms. The predicted octanol–water partition coefficient (Wildman–Crippen LogP) is 5.99. The number of nitrogens with zero attached hydrogens (tertiary/aromatic N) is 2. The third-order valence-corrected chi connectivity index (χ3v) is 5.86. The maximum absolute atomic E-state index is 14.8. The van der Waals surface area contributed by atoms with E-state index < -0.39 is 6.04 Å². The predicted molar refractivity (Wildman–Crippen MR) is 131 cm³/mol. The van der Waals surface area contributed by atoms with Crippen LogP contribution in [-0.2, 0) is 0 Å². The van der Waals surface area contributed by atoms with Crippen LogP contribution in [0.3, 0.4) is 0 Å². The van der Waals surface area contributed by atoms with Gasteiger partial charge in [-0.05, 0) is 66.2 Å². The van der Waals surface area contributed by atoms with E-state index in [1.54, 1.807) is 54.3 Å². The van der Waals surface area contributed by atoms with Crippen molar-refractivity contribution in [2.24, 2.45) is 0 Å². The topological polar surface area (TPSA) is 68.2 Å². The zero-order chi connectivity index (χ0) is 23.7. The SMILES string of the molecule is COc1ccc(C2=C[C@H](c3ccccc3F)n3ncc(C(=O)Nc4ccc(Cl)cc4)c3N2)cc1. The minimum atomic E-state index is -0.549. The number of ether oxygens (including phenoxy) is 1. The second kappa shape index (κ2) is 9.03. The summed E-state index contributed by atoms with van der Waals surface area (Å²) in [4.78, 5) is 13.1. The fraction of sp³-hybridized carbons (Fsp3) is 0.0769. The van der Waals surface area contributed by atoms with Crippen molar-refractivity contribution < 1.29 is 13.9 Å². The van der Waals surface area contributed by atoms with Gasteiger partial charge in [0.2, 0.25) is 0 Å². The number of rotatable bonds is 5. The van der Waals surface area contributed by atoms with Gasteiger partial charge in [0.25, 0.3) is 5.91 Å². The van der Waals surface area contributed by atoms with Crippen molar-refractivity contribution in [3.8, 4) is 5.75 Å². The van der Waals surface area contributed by atoms with Gasteiger partial charge >= 0.3 is 0 Å². The molecule has 4 aromatic rings. The monoisotopic (exact) mass is 474 g/mol. The third-order valence-electron chi connectivity index (χ3n) is 5.61. The van der Waals surface area contributed by atoms with E-state index in [4.69, 9.17) is 16.3 Å². The number of hydrogen-bond acceptors (Lipinski definition) is 4. The molecule has 0 unspecified atom stereocenters. The van der Waals surface area contributed by atoms with Crippen LogP contribution < -0.4 is 15.4 Å². The van der Waals surface area contributed by atoms with Crippen molar-refractivity contribution in [2.75, 3.05) is 17.7 Å². The largest absolute Gasteiger partial charge is 0.497 e. The van der Waals surface area contributed by atoms with Crippen LogP contribution in [0.5, 0.6) is 5.75 Å². The van der Waals surface area contributed by atoms with Crippen LogP contribution in [0.2, 0.25) is 5.02 Å². The zero-order valence-electron chi connectivity index (χ0n) is 18.1. The van der Waals surface area contributed by atoms with Crippen LogP contribution in [0.1, 0.15) is 27.5 Å². The highest BCUT2D eigenvalue weighted by molar-refractivity contribution is 6.30. The van der Waals surface area contributed by atoms with E-state index in [1.807, 2.05) is 30.3 Å². The number of amides is 1. The summed E-state index contributed by atoms with van der Waals surface area (Å²) in [6.45, 7) is 0. The Balaban J connectivity index is 1.55. The van der Waals surface area contributed by atoms with Crippen molar-refractivity contribution >= 4 is 34.7 Å². The van der Waals surface area contributed by atoms with Crippen LogP contribution in [0.4, 0.5) is 15.9 Å². The molecular formula is C26H20ClFN4O2. The number of carbonyl (C=O) groups is 1. The van der Waals surface area contributed by atoms with Crippen LogP contribution in [-0.4, -0.2) is 22.8 Å². The lowest BCUT2D eigenvalue weighted by atomic mass is 10.0. The second-order valence-corrected chi connectivity index (χ2v) is 8.15. The Kier molecular flexibility index (Phi) is 5.77. The van der Waals surface area contributed by atoms with Crippen molar-refractivity contribution in [2.45, 2.75) is 6.04 Å². The van der Waals surface area contributed by atoms with E-state index in [0.29, 0.717) is 27.7 Å². The fourth-order valence-electron chi connectivity index (χ4n) is 3.87. The molecule has 5 rings (SSSR count). The summed E-state index contributed by atoms with van der Waals surface area (Å²) in [5.74, 6) is 0.486. The van der Waals surface area contributed by atoms with Gasteiger partial charge in [-0.1, -0.05) is 29.8 Å². The molecule has 2 heterocycles. The summed E-state index contributed by atoms with van der Waals surface area (Å²) in [5.41, 5.74) is 2.96. The molecule has 0 aliphatic carbocycles. The molecule has 3 aromatic carbocycles. The van der Waals surface area contributed by atoms with Gasteiger partial charge in [0.05, 0.1) is 13.3 Å². The average molecular weight is 475 g/mol. The Labute approximate surface area is 200 Å². The molecule has 170 valence electrons. The van der Waals surface area contributed by atoms with Crippen molar-refractivity contribution in [3.05, 3.63) is 113 Å². The standard InChI is InChI=1S/C26H20ClFN4O2/c1-34-19-12-6-16(7-13-19)23-14-24(20-4-2-3-5-22(20)28)32-25(31-23)21(15-29-32)26(33)30-18-10-8-17(27)9-11-18/h2-15,24,31H,1H3,(H,30,33)/t24-/m1/s1. The maximum Gasteiger partial charge on any atom is 0.261 e. The van der Waals surface area contributed by atoms with Gasteiger partial charge < -0.3 is 15.4 Å². The summed E-state index contributed by atoms with van der Waals surface area (Å²) in [5, 5.41) is 11.2. The van der Waals surface area contributed by atoms with Gasteiger partial charge in [-0.15, -0.1) is 0 Å². The lowest BCUT2D eigenvalue weighted by Crippen LogP contribution is -2.22. The summed E-state index contributed by atoms with van der Waals surface area (Å²) in [7, 11) is 1.60. The number of methoxy groups -OCH3 is 1. The lowest BCUT2D eigenvalue weighted by Gasteiger charge is -2.26. The Bertz CT molecular complexity index is 1380. The quantitative estimate of drug-likeness (QED) is 0.372. The number of nitrogens with one attached hydrogen (secondary N) is 2. The number of allylic oxidation sites excluding steroid dienone is 1. The van der Waals surface area contributed by atoms with Crippen molar-refractivity contribution in [1.82, 2.24) is 9.78 Å². The molecule has 1 atom stereocenters. The fourth-order valence-corrected chi connectivity index (χ4v) is 3.99. The van der Waals surface area contributed by atoms with Gasteiger partial charge in [0.15, 0.2) is 0 Å². The molecule has 0 fully saturated rings. The highest BCUT2D eigenvalue weighted by Crippen LogP contribution is 2.36. The van der Waals surface area contributed by atoms with E-state index in [9.17, 15) is 9.18 Å². The number of aromatic nitrogens is 2. The summed E-state index contributed by atoms with van der Waals surface area (Å²) in [6.07, 6.45) is 3.37. The third kappa shape index (κ3) is 4.13. The molecule has 1 aromatic heterocycles. The summed E-state index contributed by atoms with van der Waals surface area (Å²) < 4.78 is 21.7. The first kappa shape index (κ1) is 21.7. The average Bonchev–Trinajstić information content (AvgIpc) is 3.30. The Morgan fingerprint density at radius 1 is 1.09 bits per heavy atom. The van der Waals surface area contributed by atoms with E-state index >= 15 is 0 Å². The number of benzene rings is 3. The van der Waals surface area contributed by atoms with Crippen LogP contribution in [0.15, 0.2) is 85.1 Å². The summed E-state index contributed by atoms with van der Waals surface area (Å²) >= 11 is 5.94. The number of halogens is 2. The molecule has 1 aliphatic heterocycles. The minimum Gasteiger partial charge on any atom is -0.497 e. The van der Waals surface area contributed by atoms with Gasteiger partial charge in [0.1, 0.15) is 29.0 Å². The lowest BCUT2D eigenvalue weighted by molar-refractivity contribution is 0.102. The van der Waals surface area contributed by atoms with Crippen LogP contribution >= 0.6 is 11.6 Å². The van der Waals surface area contributed by atoms with E-state index in [1.165, 1.54) is 12.3 Å². The van der Waals surface area contributed by atoms with Crippen LogP contribution in [0, 0.1) is 5.82 Å². The van der Waals surface area contributed by atoms with Gasteiger partial charge in [-0.2, -0.15) is 5.10 Å². The van der Waals surface area contributed by atoms with Crippen molar-refractivity contribution in [1.29, 1.82) is 0 Å². The number of fused-ring (bicyclic) bond motifs is 1. The maximum atomic E-state index is 14.8. The number of anilines is 2. The molecule has 0 saturated heterocycles. The van der Waals surface area contributed by atoms with Crippen molar-refractivity contribution in [3.63, 3.8) is 0 Å². The Morgan fingerprint density at radius 3 is 2.53 bits per heavy atom. The summed E-state index contributed by atoms with van der Waals surface area (Å²) in [6, 6.07) is 20.3. The highest BCUT2D eigenvalue weighted by Gasteiger charge is 2.29. The Hall–Kier alpha value is -4.10. The molecular weight excluding hydrogens is 455 g/mol. The van der Waals surface area contributed by atoms with Gasteiger partial charge in [-0.3, -0.25) is 4.79 Å². The molecule has 2 N–H and O–H groups in total. The van der Waals surface area contributed by atoms with Gasteiger partial charge in [0, 0.05) is 22.0 Å². The molecule has 6 nitrogen and oxygen atoms in total. The minimum absolute atomic E-state index is 0.329. The van der Waals surface area contributed by atoms with E-state index in [2.05, 4.69) is 15.7 Å². The molecule has 0 bridgehead atoms. The zero-order valence-corrected chi connectivity index (χ0v) is 18.9. The first-order valence-corrected chi connectivity index (χ1v) is 10.9. The molecule has 0 radical (unpaired) electrons. The normalized spacial score (nSPS) is 14.6. The second-order valence-electron chi connectivity index (χ2n) is 7.71. The van der Waals surface area contributed by atoms with Gasteiger partial charge in [-0.25, -0.2) is 9.07 Å². The molecule has 34 heavy (non-hydrogen) atoms. The smallest absolute Gasteiger partial charge is 0.261 e. The molecule has 1 amide bonds. The van der Waals surface area contributed by atoms with E-state index in [0.717, 1.165) is 17.0 Å². The Morgan fingerprint density at radius 2 is 1.82 bits per heavy atom. The number of carbonyl (C=O) groups excluding carboxylic acids is 1. The first-order chi connectivity index (χ1) is 16.5. The molecule has 1 aliphatic rings. The molecule has 8 heteroatoms. The van der Waals surface area contributed by atoms with Crippen LogP contribution in [0.25, 0.3) is 5.70 Å². The highest BCUT2D eigenvalue weighted by atomic mass is 35.5. The number of hydrogen-bond donors (Lipinski definition) is 2. The first-order valence-electron chi connectivity index (χ1n) is 10.6.